The van der Waals surface area contributed by atoms with Crippen LogP contribution in [0.15, 0.2) is 192 Å². The Balaban J connectivity index is 1.22. The van der Waals surface area contributed by atoms with Crippen LogP contribution in [0.2, 0.25) is 0 Å². The molecule has 0 atom stereocenters. The Labute approximate surface area is 290 Å². The van der Waals surface area contributed by atoms with Gasteiger partial charge in [-0.25, -0.2) is 0 Å². The van der Waals surface area contributed by atoms with Crippen molar-refractivity contribution >= 4 is 71.3 Å². The van der Waals surface area contributed by atoms with Gasteiger partial charge in [0.15, 0.2) is 0 Å². The normalized spacial score (nSPS) is 11.6. The van der Waals surface area contributed by atoms with E-state index in [1.165, 1.54) is 38.2 Å². The zero-order valence-electron chi connectivity index (χ0n) is 27.3. The molecule has 0 spiro atoms. The molecule has 1 heterocycles. The molecule has 0 aliphatic heterocycles. The Kier molecular flexibility index (Phi) is 6.53. The van der Waals surface area contributed by atoms with Crippen LogP contribution in [-0.4, -0.2) is 0 Å². The first-order valence-corrected chi connectivity index (χ1v) is 17.1. The molecule has 0 amide bonds. The molecule has 2 nitrogen and oxygen atoms in total. The first-order chi connectivity index (χ1) is 24.8. The Morgan fingerprint density at radius 3 is 1.72 bits per heavy atom. The van der Waals surface area contributed by atoms with Gasteiger partial charge in [0.1, 0.15) is 11.2 Å². The lowest BCUT2D eigenvalue weighted by Gasteiger charge is -2.29. The van der Waals surface area contributed by atoms with E-state index in [1.807, 2.05) is 6.07 Å². The molecule has 10 rings (SSSR count). The Hall–Kier alpha value is -6.64. The van der Waals surface area contributed by atoms with Crippen LogP contribution in [0.1, 0.15) is 0 Å². The van der Waals surface area contributed by atoms with Gasteiger partial charge < -0.3 is 9.32 Å². The van der Waals surface area contributed by atoms with Gasteiger partial charge >= 0.3 is 0 Å². The van der Waals surface area contributed by atoms with E-state index in [9.17, 15) is 0 Å². The third-order valence-corrected chi connectivity index (χ3v) is 10.1. The highest BCUT2D eigenvalue weighted by atomic mass is 16.3. The van der Waals surface area contributed by atoms with Crippen molar-refractivity contribution in [2.45, 2.75) is 0 Å². The predicted molar refractivity (Wildman–Crippen MR) is 212 cm³/mol. The topological polar surface area (TPSA) is 16.4 Å². The summed E-state index contributed by atoms with van der Waals surface area (Å²) in [4.78, 5) is 2.43. The molecular weight excluding hydrogens is 607 g/mol. The molecule has 0 unspecified atom stereocenters. The summed E-state index contributed by atoms with van der Waals surface area (Å²) < 4.78 is 6.49. The standard InChI is InChI=1S/C48H31NO/c1-3-17-36-32(13-1)15-11-23-37(36)34-27-29-35(30-28-34)49(45-25-12-16-33-14-2-4-18-38(33)45)46-24-9-7-20-40(46)43-31-44-41-21-8-10-26-47(41)50-48(44)42-22-6-5-19-39(42)43/h1-31H. The first-order valence-electron chi connectivity index (χ1n) is 17.1. The molecule has 0 radical (unpaired) electrons. The van der Waals surface area contributed by atoms with Crippen molar-refractivity contribution in [2.75, 3.05) is 4.90 Å². The maximum atomic E-state index is 6.49. The van der Waals surface area contributed by atoms with Gasteiger partial charge in [-0.05, 0) is 74.6 Å². The third kappa shape index (κ3) is 4.50. The van der Waals surface area contributed by atoms with Gasteiger partial charge in [-0.3, -0.25) is 0 Å². The lowest BCUT2D eigenvalue weighted by molar-refractivity contribution is 0.672. The number of rotatable bonds is 5. The highest BCUT2D eigenvalue weighted by Gasteiger charge is 2.22. The summed E-state index contributed by atoms with van der Waals surface area (Å²) in [6, 6.07) is 67.6. The first kappa shape index (κ1) is 28.4. The highest BCUT2D eigenvalue weighted by Crippen LogP contribution is 2.47. The number of benzene rings is 9. The molecule has 1 aromatic heterocycles. The maximum Gasteiger partial charge on any atom is 0.143 e. The molecular formula is C48H31NO. The molecule has 0 saturated heterocycles. The summed E-state index contributed by atoms with van der Waals surface area (Å²) in [5.74, 6) is 0. The molecule has 9 aromatic carbocycles. The van der Waals surface area contributed by atoms with E-state index in [4.69, 9.17) is 4.42 Å². The van der Waals surface area contributed by atoms with Crippen LogP contribution < -0.4 is 4.90 Å². The molecule has 0 saturated carbocycles. The second kappa shape index (κ2) is 11.5. The number of fused-ring (bicyclic) bond motifs is 7. The average Bonchev–Trinajstić information content (AvgIpc) is 3.57. The third-order valence-electron chi connectivity index (χ3n) is 10.1. The van der Waals surface area contributed by atoms with Crippen LogP contribution >= 0.6 is 0 Å². The summed E-state index contributed by atoms with van der Waals surface area (Å²) in [6.07, 6.45) is 0. The van der Waals surface area contributed by atoms with Crippen molar-refractivity contribution in [1.82, 2.24) is 0 Å². The van der Waals surface area contributed by atoms with Crippen LogP contribution in [0.4, 0.5) is 17.1 Å². The van der Waals surface area contributed by atoms with E-state index in [0.717, 1.165) is 55.3 Å². The van der Waals surface area contributed by atoms with E-state index >= 15 is 0 Å². The number of furan rings is 1. The summed E-state index contributed by atoms with van der Waals surface area (Å²) >= 11 is 0. The van der Waals surface area contributed by atoms with E-state index in [1.54, 1.807) is 0 Å². The van der Waals surface area contributed by atoms with Gasteiger partial charge in [0.2, 0.25) is 0 Å². The van der Waals surface area contributed by atoms with Crippen LogP contribution in [0.25, 0.3) is 76.5 Å². The van der Waals surface area contributed by atoms with E-state index < -0.39 is 0 Å². The van der Waals surface area contributed by atoms with Crippen molar-refractivity contribution < 1.29 is 4.42 Å². The predicted octanol–water partition coefficient (Wildman–Crippen LogP) is 13.8. The van der Waals surface area contributed by atoms with E-state index in [-0.39, 0.29) is 0 Å². The minimum atomic E-state index is 0.904. The summed E-state index contributed by atoms with van der Waals surface area (Å²) in [7, 11) is 0. The van der Waals surface area contributed by atoms with Crippen molar-refractivity contribution in [3.63, 3.8) is 0 Å². The Morgan fingerprint density at radius 1 is 0.340 bits per heavy atom. The van der Waals surface area contributed by atoms with E-state index in [2.05, 4.69) is 187 Å². The largest absolute Gasteiger partial charge is 0.455 e. The number of hydrogen-bond donors (Lipinski definition) is 0. The van der Waals surface area contributed by atoms with Crippen LogP contribution in [0.3, 0.4) is 0 Å². The van der Waals surface area contributed by atoms with Gasteiger partial charge in [-0.2, -0.15) is 0 Å². The fourth-order valence-corrected chi connectivity index (χ4v) is 7.74. The maximum absolute atomic E-state index is 6.49. The zero-order chi connectivity index (χ0) is 33.0. The summed E-state index contributed by atoms with van der Waals surface area (Å²) in [6.45, 7) is 0. The van der Waals surface area contributed by atoms with Crippen molar-refractivity contribution in [3.8, 4) is 22.3 Å². The van der Waals surface area contributed by atoms with Crippen molar-refractivity contribution in [1.29, 1.82) is 0 Å². The van der Waals surface area contributed by atoms with Crippen LogP contribution in [0.5, 0.6) is 0 Å². The molecule has 0 fully saturated rings. The highest BCUT2D eigenvalue weighted by molar-refractivity contribution is 6.20. The average molecular weight is 638 g/mol. The van der Waals surface area contributed by atoms with Crippen molar-refractivity contribution in [3.05, 3.63) is 188 Å². The van der Waals surface area contributed by atoms with Gasteiger partial charge in [-0.15, -0.1) is 0 Å². The minimum Gasteiger partial charge on any atom is -0.455 e. The molecule has 0 aliphatic rings. The molecule has 0 bridgehead atoms. The van der Waals surface area contributed by atoms with Crippen molar-refractivity contribution in [2.24, 2.45) is 0 Å². The molecule has 50 heavy (non-hydrogen) atoms. The minimum absolute atomic E-state index is 0.904. The second-order valence-electron chi connectivity index (χ2n) is 12.9. The smallest absolute Gasteiger partial charge is 0.143 e. The monoisotopic (exact) mass is 637 g/mol. The lowest BCUT2D eigenvalue weighted by Crippen LogP contribution is -2.11. The molecule has 10 aromatic rings. The molecule has 234 valence electrons. The number of hydrogen-bond acceptors (Lipinski definition) is 2. The second-order valence-corrected chi connectivity index (χ2v) is 12.9. The van der Waals surface area contributed by atoms with Gasteiger partial charge in [0, 0.05) is 32.8 Å². The number of nitrogens with zero attached hydrogens (tertiary/aromatic N) is 1. The lowest BCUT2D eigenvalue weighted by atomic mass is 9.93. The van der Waals surface area contributed by atoms with Crippen LogP contribution in [0, 0.1) is 0 Å². The van der Waals surface area contributed by atoms with Gasteiger partial charge in [0.25, 0.3) is 0 Å². The fraction of sp³-hybridized carbons (Fsp3) is 0. The molecule has 0 N–H and O–H groups in total. The van der Waals surface area contributed by atoms with Gasteiger partial charge in [0.05, 0.1) is 11.4 Å². The molecule has 0 aliphatic carbocycles. The fourth-order valence-electron chi connectivity index (χ4n) is 7.74. The quantitative estimate of drug-likeness (QED) is 0.187. The Bertz CT molecular complexity index is 2870. The molecule has 2 heteroatoms. The zero-order valence-corrected chi connectivity index (χ0v) is 27.3. The number of para-hydroxylation sites is 2. The van der Waals surface area contributed by atoms with Crippen LogP contribution in [-0.2, 0) is 0 Å². The summed E-state index contributed by atoms with van der Waals surface area (Å²) in [5.41, 5.74) is 9.93. The van der Waals surface area contributed by atoms with Gasteiger partial charge in [-0.1, -0.05) is 152 Å². The SMILES string of the molecule is c1ccc(N(c2ccc(-c3cccc4ccccc34)cc2)c2cccc3ccccc23)c(-c2cc3c4ccccc4oc3c3ccccc23)c1. The summed E-state index contributed by atoms with van der Waals surface area (Å²) in [5, 5.41) is 9.43. The Morgan fingerprint density at radius 2 is 0.900 bits per heavy atom. The van der Waals surface area contributed by atoms with E-state index in [0.29, 0.717) is 0 Å². The number of anilines is 3.